The maximum atomic E-state index is 5.37. The molecular weight excluding hydrogens is 254 g/mol. The predicted molar refractivity (Wildman–Crippen MR) is 75.6 cm³/mol. The maximum Gasteiger partial charge on any atom is 0.233 e. The number of fused-ring (bicyclic) bond motifs is 3. The first kappa shape index (κ1) is 11.9. The summed E-state index contributed by atoms with van der Waals surface area (Å²) in [4.78, 5) is 7.01. The summed E-state index contributed by atoms with van der Waals surface area (Å²) in [5.41, 5.74) is 2.26. The van der Waals surface area contributed by atoms with Crippen LogP contribution < -0.4 is 0 Å². The van der Waals surface area contributed by atoms with Crippen LogP contribution in [-0.2, 0) is 18.3 Å². The Bertz CT molecular complexity index is 753. The van der Waals surface area contributed by atoms with Crippen molar-refractivity contribution in [3.05, 3.63) is 30.1 Å². The summed E-state index contributed by atoms with van der Waals surface area (Å²) < 4.78 is 9.39. The van der Waals surface area contributed by atoms with Crippen LogP contribution in [-0.4, -0.2) is 50.4 Å². The second kappa shape index (κ2) is 4.57. The number of morpholine rings is 1. The van der Waals surface area contributed by atoms with Gasteiger partial charge in [0.05, 0.1) is 30.8 Å². The Labute approximate surface area is 116 Å². The Balaban J connectivity index is 1.73. The molecule has 4 rings (SSSR count). The number of aryl methyl sites for hydroxylation is 1. The van der Waals surface area contributed by atoms with E-state index in [0.717, 1.165) is 55.5 Å². The molecule has 0 amide bonds. The fraction of sp³-hybridized carbons (Fsp3) is 0.429. The van der Waals surface area contributed by atoms with Crippen LogP contribution >= 0.6 is 0 Å². The number of ether oxygens (including phenoxy) is 1. The normalized spacial score (nSPS) is 17.2. The first-order valence-corrected chi connectivity index (χ1v) is 6.92. The molecule has 104 valence electrons. The van der Waals surface area contributed by atoms with Gasteiger partial charge in [-0.25, -0.2) is 0 Å². The van der Waals surface area contributed by atoms with Crippen molar-refractivity contribution in [1.82, 2.24) is 24.1 Å². The average molecular weight is 271 g/mol. The molecule has 2 aromatic heterocycles. The van der Waals surface area contributed by atoms with Gasteiger partial charge in [0, 0.05) is 20.1 Å². The van der Waals surface area contributed by atoms with Crippen molar-refractivity contribution in [2.45, 2.75) is 6.54 Å². The van der Waals surface area contributed by atoms with Crippen molar-refractivity contribution in [3.63, 3.8) is 0 Å². The Morgan fingerprint density at radius 3 is 2.70 bits per heavy atom. The van der Waals surface area contributed by atoms with Gasteiger partial charge in [-0.05, 0) is 12.1 Å². The topological polar surface area (TPSA) is 47.6 Å². The predicted octanol–water partition coefficient (Wildman–Crippen LogP) is 1.05. The second-order valence-electron chi connectivity index (χ2n) is 5.18. The molecule has 0 aliphatic carbocycles. The molecule has 1 aliphatic heterocycles. The van der Waals surface area contributed by atoms with E-state index in [1.54, 1.807) is 0 Å². The minimum absolute atomic E-state index is 0.791. The van der Waals surface area contributed by atoms with Crippen molar-refractivity contribution in [3.8, 4) is 0 Å². The molecule has 1 aromatic carbocycles. The third-order valence-electron chi connectivity index (χ3n) is 3.87. The van der Waals surface area contributed by atoms with E-state index in [0.29, 0.717) is 0 Å². The number of aromatic nitrogens is 4. The van der Waals surface area contributed by atoms with Crippen LogP contribution in [0.25, 0.3) is 16.8 Å². The fourth-order valence-electron chi connectivity index (χ4n) is 2.78. The Hall–Kier alpha value is -1.92. The monoisotopic (exact) mass is 271 g/mol. The molecule has 20 heavy (non-hydrogen) atoms. The van der Waals surface area contributed by atoms with Gasteiger partial charge in [-0.1, -0.05) is 12.1 Å². The summed E-state index contributed by atoms with van der Waals surface area (Å²) >= 11 is 0. The van der Waals surface area contributed by atoms with Crippen LogP contribution in [0.2, 0.25) is 0 Å². The number of para-hydroxylation sites is 2. The molecule has 1 aliphatic rings. The Morgan fingerprint density at radius 2 is 1.90 bits per heavy atom. The lowest BCUT2D eigenvalue weighted by Crippen LogP contribution is -2.35. The molecule has 6 nitrogen and oxygen atoms in total. The van der Waals surface area contributed by atoms with Gasteiger partial charge in [0.25, 0.3) is 0 Å². The standard InChI is InChI=1S/C14H17N5O/c1-17-11-4-2-3-5-12(11)19-14(17)15-13(16-19)10-18-6-8-20-9-7-18/h2-5H,6-10H2,1H3. The maximum absolute atomic E-state index is 5.37. The minimum Gasteiger partial charge on any atom is -0.379 e. The molecule has 6 heteroatoms. The lowest BCUT2D eigenvalue weighted by atomic mass is 10.3. The highest BCUT2D eigenvalue weighted by Crippen LogP contribution is 2.18. The van der Waals surface area contributed by atoms with E-state index < -0.39 is 0 Å². The highest BCUT2D eigenvalue weighted by molar-refractivity contribution is 5.80. The van der Waals surface area contributed by atoms with Gasteiger partial charge < -0.3 is 9.30 Å². The zero-order valence-corrected chi connectivity index (χ0v) is 11.5. The molecule has 0 N–H and O–H groups in total. The minimum atomic E-state index is 0.791. The van der Waals surface area contributed by atoms with Crippen LogP contribution in [0.15, 0.2) is 24.3 Å². The van der Waals surface area contributed by atoms with E-state index >= 15 is 0 Å². The first-order valence-electron chi connectivity index (χ1n) is 6.92. The quantitative estimate of drug-likeness (QED) is 0.699. The van der Waals surface area contributed by atoms with Crippen molar-refractivity contribution >= 4 is 16.8 Å². The lowest BCUT2D eigenvalue weighted by molar-refractivity contribution is 0.0331. The summed E-state index contributed by atoms with van der Waals surface area (Å²) in [5.74, 6) is 1.78. The van der Waals surface area contributed by atoms with Crippen LogP contribution in [0.1, 0.15) is 5.82 Å². The van der Waals surface area contributed by atoms with Crippen molar-refractivity contribution in [2.24, 2.45) is 7.05 Å². The van der Waals surface area contributed by atoms with Crippen LogP contribution in [0.5, 0.6) is 0 Å². The SMILES string of the molecule is Cn1c2ccccc2n2nc(CN3CCOCC3)nc12. The zero-order valence-electron chi connectivity index (χ0n) is 11.5. The number of hydrogen-bond acceptors (Lipinski definition) is 4. The van der Waals surface area contributed by atoms with Gasteiger partial charge in [-0.3, -0.25) is 4.90 Å². The van der Waals surface area contributed by atoms with Gasteiger partial charge in [-0.15, -0.1) is 5.10 Å². The fourth-order valence-corrected chi connectivity index (χ4v) is 2.78. The Kier molecular flexibility index (Phi) is 2.71. The third kappa shape index (κ3) is 1.80. The highest BCUT2D eigenvalue weighted by atomic mass is 16.5. The van der Waals surface area contributed by atoms with Gasteiger partial charge in [0.15, 0.2) is 5.82 Å². The van der Waals surface area contributed by atoms with Gasteiger partial charge in [0.1, 0.15) is 0 Å². The van der Waals surface area contributed by atoms with Gasteiger partial charge in [-0.2, -0.15) is 9.50 Å². The summed E-state index contributed by atoms with van der Waals surface area (Å²) in [6.45, 7) is 4.30. The molecule has 0 radical (unpaired) electrons. The summed E-state index contributed by atoms with van der Waals surface area (Å²) in [6.07, 6.45) is 0. The van der Waals surface area contributed by atoms with Crippen LogP contribution in [0, 0.1) is 0 Å². The average Bonchev–Trinajstić information content (AvgIpc) is 3.01. The number of imidazole rings is 1. The van der Waals surface area contributed by atoms with E-state index in [-0.39, 0.29) is 0 Å². The molecule has 0 bridgehead atoms. The number of benzene rings is 1. The van der Waals surface area contributed by atoms with Crippen molar-refractivity contribution in [2.75, 3.05) is 26.3 Å². The molecule has 3 aromatic rings. The molecule has 1 saturated heterocycles. The molecule has 1 fully saturated rings. The van der Waals surface area contributed by atoms with Gasteiger partial charge >= 0.3 is 0 Å². The molecular formula is C14H17N5O. The van der Waals surface area contributed by atoms with E-state index in [1.807, 2.05) is 23.7 Å². The molecule has 0 saturated carbocycles. The smallest absolute Gasteiger partial charge is 0.233 e. The number of nitrogens with zero attached hydrogens (tertiary/aromatic N) is 5. The van der Waals surface area contributed by atoms with Crippen molar-refractivity contribution < 1.29 is 4.74 Å². The van der Waals surface area contributed by atoms with Gasteiger partial charge in [0.2, 0.25) is 5.78 Å². The van der Waals surface area contributed by atoms with Crippen molar-refractivity contribution in [1.29, 1.82) is 0 Å². The Morgan fingerprint density at radius 1 is 1.15 bits per heavy atom. The zero-order chi connectivity index (χ0) is 13.5. The van der Waals surface area contributed by atoms with E-state index in [4.69, 9.17) is 4.74 Å². The lowest BCUT2D eigenvalue weighted by Gasteiger charge is -2.25. The summed E-state index contributed by atoms with van der Waals surface area (Å²) in [5, 5.41) is 4.66. The molecule has 0 unspecified atom stereocenters. The van der Waals surface area contributed by atoms with E-state index in [9.17, 15) is 0 Å². The van der Waals surface area contributed by atoms with E-state index in [1.165, 1.54) is 0 Å². The second-order valence-corrected chi connectivity index (χ2v) is 5.18. The third-order valence-corrected chi connectivity index (χ3v) is 3.87. The highest BCUT2D eigenvalue weighted by Gasteiger charge is 2.16. The number of hydrogen-bond donors (Lipinski definition) is 0. The molecule has 0 spiro atoms. The van der Waals surface area contributed by atoms with Crippen LogP contribution in [0.3, 0.4) is 0 Å². The summed E-state index contributed by atoms with van der Waals surface area (Å²) in [6, 6.07) is 8.24. The van der Waals surface area contributed by atoms with Crippen LogP contribution in [0.4, 0.5) is 0 Å². The molecule has 3 heterocycles. The summed E-state index contributed by atoms with van der Waals surface area (Å²) in [7, 11) is 2.03. The molecule has 0 atom stereocenters. The largest absolute Gasteiger partial charge is 0.379 e. The number of rotatable bonds is 2. The van der Waals surface area contributed by atoms with E-state index in [2.05, 4.69) is 31.7 Å². The first-order chi connectivity index (χ1) is 9.83.